The van der Waals surface area contributed by atoms with E-state index in [4.69, 9.17) is 5.73 Å². The maximum atomic E-state index is 12.9. The van der Waals surface area contributed by atoms with Gasteiger partial charge < -0.3 is 16.4 Å². The van der Waals surface area contributed by atoms with Crippen LogP contribution >= 0.6 is 36.2 Å². The van der Waals surface area contributed by atoms with Crippen LogP contribution in [0.3, 0.4) is 0 Å². The molecule has 2 unspecified atom stereocenters. The summed E-state index contributed by atoms with van der Waals surface area (Å²) in [6.07, 6.45) is 8.59. The zero-order chi connectivity index (χ0) is 18.8. The molecule has 4 N–H and O–H groups in total. The van der Waals surface area contributed by atoms with Crippen molar-refractivity contribution in [1.82, 2.24) is 10.3 Å². The first-order valence-corrected chi connectivity index (χ1v) is 10.3. The molecule has 0 radical (unpaired) electrons. The Bertz CT molecular complexity index is 819. The largest absolute Gasteiger partial charge is 0.348 e. The Hall–Kier alpha value is -1.67. The van der Waals surface area contributed by atoms with Crippen molar-refractivity contribution in [2.45, 2.75) is 44.2 Å². The predicted octanol–water partition coefficient (Wildman–Crippen LogP) is 3.87. The molecular formula is C20H26Cl2N4O2S. The Morgan fingerprint density at radius 1 is 1.03 bits per heavy atom. The fourth-order valence-corrected chi connectivity index (χ4v) is 5.28. The SMILES string of the molecule is Cl.Cl.NC1CC2CCCC(C1)C2NC(=O)c1sccc1NC(=O)c1ccncc1. The third-order valence-corrected chi connectivity index (χ3v) is 6.65. The van der Waals surface area contributed by atoms with Gasteiger partial charge in [0.25, 0.3) is 11.8 Å². The van der Waals surface area contributed by atoms with Gasteiger partial charge in [0.2, 0.25) is 0 Å². The van der Waals surface area contributed by atoms with Gasteiger partial charge in [-0.25, -0.2) is 0 Å². The number of thiophene rings is 1. The van der Waals surface area contributed by atoms with Crippen molar-refractivity contribution in [2.24, 2.45) is 17.6 Å². The molecular weight excluding hydrogens is 431 g/mol. The molecule has 2 aromatic heterocycles. The first-order chi connectivity index (χ1) is 13.1. The molecule has 2 aliphatic rings. The number of aromatic nitrogens is 1. The second-order valence-electron chi connectivity index (χ2n) is 7.54. The van der Waals surface area contributed by atoms with Crippen molar-refractivity contribution in [3.8, 4) is 0 Å². The molecule has 2 aromatic rings. The molecule has 6 nitrogen and oxygen atoms in total. The van der Waals surface area contributed by atoms with E-state index in [1.165, 1.54) is 17.8 Å². The van der Waals surface area contributed by atoms with Crippen molar-refractivity contribution in [1.29, 1.82) is 0 Å². The number of carbonyl (C=O) groups excluding carboxylic acids is 2. The summed E-state index contributed by atoms with van der Waals surface area (Å²) in [4.78, 5) is 29.8. The zero-order valence-electron chi connectivity index (χ0n) is 15.9. The van der Waals surface area contributed by atoms with Crippen molar-refractivity contribution in [2.75, 3.05) is 5.32 Å². The highest BCUT2D eigenvalue weighted by Gasteiger charge is 2.40. The Labute approximate surface area is 186 Å². The summed E-state index contributed by atoms with van der Waals surface area (Å²) < 4.78 is 0. The lowest BCUT2D eigenvalue weighted by Gasteiger charge is -2.45. The van der Waals surface area contributed by atoms with Crippen LogP contribution < -0.4 is 16.4 Å². The van der Waals surface area contributed by atoms with E-state index in [9.17, 15) is 9.59 Å². The van der Waals surface area contributed by atoms with Gasteiger partial charge in [-0.3, -0.25) is 14.6 Å². The second-order valence-corrected chi connectivity index (χ2v) is 8.45. The van der Waals surface area contributed by atoms with Gasteiger partial charge in [0.1, 0.15) is 4.88 Å². The van der Waals surface area contributed by atoms with Gasteiger partial charge in [-0.2, -0.15) is 0 Å². The molecule has 4 rings (SSSR count). The molecule has 29 heavy (non-hydrogen) atoms. The van der Waals surface area contributed by atoms with E-state index in [-0.39, 0.29) is 48.7 Å². The van der Waals surface area contributed by atoms with E-state index in [1.54, 1.807) is 30.6 Å². The molecule has 2 heterocycles. The number of nitrogens with one attached hydrogen (secondary N) is 2. The molecule has 9 heteroatoms. The van der Waals surface area contributed by atoms with Crippen LogP contribution in [-0.4, -0.2) is 28.9 Å². The average molecular weight is 457 g/mol. The minimum absolute atomic E-state index is 0. The van der Waals surface area contributed by atoms with Crippen LogP contribution in [0.15, 0.2) is 36.0 Å². The summed E-state index contributed by atoms with van der Waals surface area (Å²) in [5, 5.41) is 7.93. The number of nitrogens with two attached hydrogens (primary N) is 1. The number of carbonyl (C=O) groups is 2. The zero-order valence-corrected chi connectivity index (χ0v) is 18.3. The minimum atomic E-state index is -0.245. The number of hydrogen-bond acceptors (Lipinski definition) is 5. The summed E-state index contributed by atoms with van der Waals surface area (Å²) in [6.45, 7) is 0. The van der Waals surface area contributed by atoms with Gasteiger partial charge >= 0.3 is 0 Å². The molecule has 2 fully saturated rings. The van der Waals surface area contributed by atoms with Crippen LogP contribution in [0.4, 0.5) is 5.69 Å². The maximum absolute atomic E-state index is 12.9. The fourth-order valence-electron chi connectivity index (χ4n) is 4.52. The smallest absolute Gasteiger partial charge is 0.263 e. The third-order valence-electron chi connectivity index (χ3n) is 5.74. The summed E-state index contributed by atoms with van der Waals surface area (Å²) in [5.41, 5.74) is 7.25. The van der Waals surface area contributed by atoms with Gasteiger partial charge in [0.05, 0.1) is 5.69 Å². The highest BCUT2D eigenvalue weighted by Crippen LogP contribution is 2.40. The highest BCUT2D eigenvalue weighted by atomic mass is 35.5. The first-order valence-electron chi connectivity index (χ1n) is 9.47. The molecule has 2 bridgehead atoms. The van der Waals surface area contributed by atoms with Crippen molar-refractivity contribution < 1.29 is 9.59 Å². The molecule has 2 aliphatic carbocycles. The minimum Gasteiger partial charge on any atom is -0.348 e. The monoisotopic (exact) mass is 456 g/mol. The molecule has 2 saturated carbocycles. The third kappa shape index (κ3) is 5.28. The number of amides is 2. The molecule has 2 atom stereocenters. The lowest BCUT2D eigenvalue weighted by atomic mass is 9.67. The van der Waals surface area contributed by atoms with Crippen LogP contribution in [0.1, 0.15) is 52.1 Å². The van der Waals surface area contributed by atoms with Crippen LogP contribution in [0.2, 0.25) is 0 Å². The fraction of sp³-hybridized carbons (Fsp3) is 0.450. The van der Waals surface area contributed by atoms with Crippen molar-refractivity contribution in [3.63, 3.8) is 0 Å². The van der Waals surface area contributed by atoms with E-state index >= 15 is 0 Å². The standard InChI is InChI=1S/C20H24N4O2S.2ClH/c21-15-10-13-2-1-3-14(11-15)17(13)24-20(26)18-16(6-9-27-18)23-19(25)12-4-7-22-8-5-12;;/h4-9,13-15,17H,1-3,10-11,21H2,(H,23,25)(H,24,26);2*1H. The molecule has 0 saturated heterocycles. The van der Waals surface area contributed by atoms with E-state index in [1.807, 2.05) is 5.38 Å². The van der Waals surface area contributed by atoms with Gasteiger partial charge in [-0.1, -0.05) is 6.42 Å². The maximum Gasteiger partial charge on any atom is 0.263 e. The molecule has 158 valence electrons. The lowest BCUT2D eigenvalue weighted by Crippen LogP contribution is -2.53. The Balaban J connectivity index is 0.00000150. The van der Waals surface area contributed by atoms with E-state index in [0.29, 0.717) is 28.0 Å². The molecule has 0 spiro atoms. The number of pyridine rings is 1. The number of fused-ring (bicyclic) bond motifs is 2. The van der Waals surface area contributed by atoms with Crippen LogP contribution in [0.25, 0.3) is 0 Å². The quantitative estimate of drug-likeness (QED) is 0.649. The number of rotatable bonds is 4. The van der Waals surface area contributed by atoms with Gasteiger partial charge in [-0.05, 0) is 61.1 Å². The lowest BCUT2D eigenvalue weighted by molar-refractivity contribution is 0.0760. The van der Waals surface area contributed by atoms with E-state index < -0.39 is 0 Å². The first kappa shape index (κ1) is 23.6. The number of hydrogen-bond donors (Lipinski definition) is 3. The Morgan fingerprint density at radius 2 is 1.69 bits per heavy atom. The summed E-state index contributed by atoms with van der Waals surface area (Å²) >= 11 is 1.35. The van der Waals surface area contributed by atoms with Crippen LogP contribution in [0, 0.1) is 11.8 Å². The highest BCUT2D eigenvalue weighted by molar-refractivity contribution is 7.12. The number of halogens is 2. The van der Waals surface area contributed by atoms with Gasteiger partial charge in [0, 0.05) is 30.0 Å². The van der Waals surface area contributed by atoms with Crippen LogP contribution in [-0.2, 0) is 0 Å². The van der Waals surface area contributed by atoms with Gasteiger partial charge in [0.15, 0.2) is 0 Å². The van der Waals surface area contributed by atoms with Crippen molar-refractivity contribution in [3.05, 3.63) is 46.4 Å². The van der Waals surface area contributed by atoms with E-state index in [0.717, 1.165) is 25.7 Å². The summed E-state index contributed by atoms with van der Waals surface area (Å²) in [6, 6.07) is 5.51. The average Bonchev–Trinajstić information content (AvgIpc) is 3.11. The Kier molecular flexibility index (Phi) is 8.46. The Morgan fingerprint density at radius 3 is 2.34 bits per heavy atom. The van der Waals surface area contributed by atoms with E-state index in [2.05, 4.69) is 15.6 Å². The summed E-state index contributed by atoms with van der Waals surface area (Å²) in [5.74, 6) is 0.579. The molecule has 0 aliphatic heterocycles. The van der Waals surface area contributed by atoms with Crippen LogP contribution in [0.5, 0.6) is 0 Å². The summed E-state index contributed by atoms with van der Waals surface area (Å²) in [7, 11) is 0. The number of anilines is 1. The van der Waals surface area contributed by atoms with Crippen molar-refractivity contribution >= 4 is 53.7 Å². The normalized spacial score (nSPS) is 25.1. The topological polar surface area (TPSA) is 97.1 Å². The van der Waals surface area contributed by atoms with Gasteiger partial charge in [-0.15, -0.1) is 36.2 Å². The number of nitrogens with zero attached hydrogens (tertiary/aromatic N) is 1. The predicted molar refractivity (Wildman–Crippen MR) is 120 cm³/mol. The molecule has 2 amide bonds. The molecule has 0 aromatic carbocycles. The second kappa shape index (κ2) is 10.4.